The molecule has 0 bridgehead atoms. The monoisotopic (exact) mass is 401 g/mol. The summed E-state index contributed by atoms with van der Waals surface area (Å²) in [5.41, 5.74) is 0.349. The first-order valence-electron chi connectivity index (χ1n) is 10.0. The van der Waals surface area contributed by atoms with Crippen molar-refractivity contribution in [2.75, 3.05) is 0 Å². The maximum Gasteiger partial charge on any atom is 0.338 e. The van der Waals surface area contributed by atoms with Gasteiger partial charge in [-0.2, -0.15) is 4.98 Å². The highest BCUT2D eigenvalue weighted by Crippen LogP contribution is 2.18. The summed E-state index contributed by atoms with van der Waals surface area (Å²) in [5, 5.41) is 6.75. The van der Waals surface area contributed by atoms with Gasteiger partial charge in [-0.1, -0.05) is 30.8 Å². The van der Waals surface area contributed by atoms with E-state index in [1.807, 2.05) is 0 Å². The van der Waals surface area contributed by atoms with Gasteiger partial charge in [0.05, 0.1) is 5.56 Å². The third kappa shape index (κ3) is 6.30. The Balaban J connectivity index is 1.47. The van der Waals surface area contributed by atoms with E-state index in [4.69, 9.17) is 14.0 Å². The van der Waals surface area contributed by atoms with E-state index in [0.29, 0.717) is 23.0 Å². The zero-order valence-electron chi connectivity index (χ0n) is 16.8. The highest BCUT2D eigenvalue weighted by atomic mass is 16.5. The lowest BCUT2D eigenvalue weighted by Crippen LogP contribution is -2.41. The van der Waals surface area contributed by atoms with Gasteiger partial charge in [0.15, 0.2) is 12.7 Å². The molecule has 0 aliphatic heterocycles. The van der Waals surface area contributed by atoms with E-state index in [1.54, 1.807) is 38.1 Å². The first kappa shape index (κ1) is 20.8. The van der Waals surface area contributed by atoms with Crippen molar-refractivity contribution in [1.82, 2.24) is 15.5 Å². The van der Waals surface area contributed by atoms with Crippen LogP contribution in [0.4, 0.5) is 0 Å². The van der Waals surface area contributed by atoms with Crippen LogP contribution in [0.15, 0.2) is 28.8 Å². The normalized spacial score (nSPS) is 15.9. The fraction of sp³-hybridized carbons (Fsp3) is 0.524. The topological polar surface area (TPSA) is 104 Å². The number of hydrogen-bond donors (Lipinski definition) is 1. The number of aromatic nitrogens is 2. The molecule has 156 valence electrons. The van der Waals surface area contributed by atoms with Crippen molar-refractivity contribution < 1.29 is 23.6 Å². The van der Waals surface area contributed by atoms with Gasteiger partial charge in [-0.05, 0) is 44.0 Å². The van der Waals surface area contributed by atoms with Gasteiger partial charge in [-0.25, -0.2) is 4.79 Å². The van der Waals surface area contributed by atoms with Crippen molar-refractivity contribution in [3.05, 3.63) is 41.5 Å². The molecule has 1 aliphatic rings. The number of rotatable bonds is 7. The molecule has 1 aromatic heterocycles. The van der Waals surface area contributed by atoms with Crippen LogP contribution in [-0.4, -0.2) is 34.2 Å². The van der Waals surface area contributed by atoms with Gasteiger partial charge >= 0.3 is 5.97 Å². The predicted octanol–water partition coefficient (Wildman–Crippen LogP) is 3.34. The lowest BCUT2D eigenvalue weighted by Gasteiger charge is -2.19. The average molecular weight is 401 g/mol. The zero-order chi connectivity index (χ0) is 20.6. The van der Waals surface area contributed by atoms with E-state index in [-0.39, 0.29) is 18.6 Å². The number of hydrogen-bond acceptors (Lipinski definition) is 7. The minimum Gasteiger partial charge on any atom is -0.485 e. The molecule has 0 spiro atoms. The highest BCUT2D eigenvalue weighted by molar-refractivity contribution is 5.92. The largest absolute Gasteiger partial charge is 0.485 e. The first-order valence-corrected chi connectivity index (χ1v) is 10.0. The van der Waals surface area contributed by atoms with Crippen molar-refractivity contribution >= 4 is 11.9 Å². The molecule has 3 rings (SSSR count). The van der Waals surface area contributed by atoms with Gasteiger partial charge in [0.2, 0.25) is 11.7 Å². The van der Waals surface area contributed by atoms with E-state index in [2.05, 4.69) is 15.5 Å². The van der Waals surface area contributed by atoms with Crippen LogP contribution in [0.3, 0.4) is 0 Å². The number of amides is 1. The Bertz CT molecular complexity index is 810. The Morgan fingerprint density at radius 1 is 1.17 bits per heavy atom. The molecule has 8 nitrogen and oxygen atoms in total. The summed E-state index contributed by atoms with van der Waals surface area (Å²) in [6.45, 7) is 3.46. The number of esters is 1. The van der Waals surface area contributed by atoms with Crippen LogP contribution in [-0.2, 0) is 16.1 Å². The molecule has 1 unspecified atom stereocenters. The third-order valence-corrected chi connectivity index (χ3v) is 4.88. The van der Waals surface area contributed by atoms with Gasteiger partial charge in [-0.15, -0.1) is 0 Å². The van der Waals surface area contributed by atoms with Crippen LogP contribution in [0, 0.1) is 6.92 Å². The smallest absolute Gasteiger partial charge is 0.338 e. The zero-order valence-corrected chi connectivity index (χ0v) is 16.8. The summed E-state index contributed by atoms with van der Waals surface area (Å²) in [6.07, 6.45) is 5.80. The fourth-order valence-corrected chi connectivity index (χ4v) is 3.26. The molecule has 1 heterocycles. The SMILES string of the molecule is Cc1nc(COc2ccc(C(=O)OC(C)C(=O)NC3CCCCCC3)cc2)no1. The summed E-state index contributed by atoms with van der Waals surface area (Å²) >= 11 is 0. The molecule has 1 fully saturated rings. The maximum absolute atomic E-state index is 12.3. The second kappa shape index (κ2) is 10.0. The molecule has 1 aliphatic carbocycles. The molecule has 1 aromatic carbocycles. The van der Waals surface area contributed by atoms with Gasteiger partial charge in [0, 0.05) is 13.0 Å². The summed E-state index contributed by atoms with van der Waals surface area (Å²) in [5.74, 6) is 0.677. The van der Waals surface area contributed by atoms with Crippen molar-refractivity contribution in [3.8, 4) is 5.75 Å². The number of nitrogens with zero attached hydrogens (tertiary/aromatic N) is 2. The molecule has 2 aromatic rings. The third-order valence-electron chi connectivity index (χ3n) is 4.88. The Kier molecular flexibility index (Phi) is 7.21. The van der Waals surface area contributed by atoms with Gasteiger partial charge in [-0.3, -0.25) is 4.79 Å². The molecular weight excluding hydrogens is 374 g/mol. The molecular formula is C21H27N3O5. The van der Waals surface area contributed by atoms with E-state index in [1.165, 1.54) is 12.8 Å². The van der Waals surface area contributed by atoms with Crippen LogP contribution < -0.4 is 10.1 Å². The van der Waals surface area contributed by atoms with Crippen LogP contribution in [0.25, 0.3) is 0 Å². The summed E-state index contributed by atoms with van der Waals surface area (Å²) in [4.78, 5) is 28.7. The number of nitrogens with one attached hydrogen (secondary N) is 1. The van der Waals surface area contributed by atoms with Crippen LogP contribution in [0.1, 0.15) is 67.5 Å². The predicted molar refractivity (Wildman–Crippen MR) is 104 cm³/mol. The van der Waals surface area contributed by atoms with Crippen LogP contribution in [0.5, 0.6) is 5.75 Å². The van der Waals surface area contributed by atoms with E-state index in [0.717, 1.165) is 25.7 Å². The standard InChI is InChI=1S/C21H27N3O5/c1-14(20(25)23-17-7-5-3-4-6-8-17)28-21(26)16-9-11-18(12-10-16)27-13-19-22-15(2)29-24-19/h9-12,14,17H,3-8,13H2,1-2H3,(H,23,25). The lowest BCUT2D eigenvalue weighted by molar-refractivity contribution is -0.129. The molecule has 1 atom stereocenters. The molecule has 1 amide bonds. The maximum atomic E-state index is 12.3. The van der Waals surface area contributed by atoms with Crippen LogP contribution in [0.2, 0.25) is 0 Å². The average Bonchev–Trinajstić information content (AvgIpc) is 2.96. The Hall–Kier alpha value is -2.90. The second-order valence-corrected chi connectivity index (χ2v) is 7.29. The number of benzene rings is 1. The Morgan fingerprint density at radius 3 is 2.48 bits per heavy atom. The summed E-state index contributed by atoms with van der Waals surface area (Å²) in [7, 11) is 0. The fourth-order valence-electron chi connectivity index (χ4n) is 3.26. The molecule has 29 heavy (non-hydrogen) atoms. The molecule has 0 saturated heterocycles. The number of aryl methyl sites for hydroxylation is 1. The summed E-state index contributed by atoms with van der Waals surface area (Å²) in [6, 6.07) is 6.66. The first-order chi connectivity index (χ1) is 14.0. The quantitative estimate of drug-likeness (QED) is 0.560. The van der Waals surface area contributed by atoms with Gasteiger partial charge in [0.1, 0.15) is 5.75 Å². The number of carbonyl (C=O) groups is 2. The van der Waals surface area contributed by atoms with Crippen molar-refractivity contribution in [2.24, 2.45) is 0 Å². The van der Waals surface area contributed by atoms with Crippen LogP contribution >= 0.6 is 0 Å². The number of ether oxygens (including phenoxy) is 2. The van der Waals surface area contributed by atoms with E-state index < -0.39 is 12.1 Å². The van der Waals surface area contributed by atoms with Gasteiger partial charge in [0.25, 0.3) is 5.91 Å². The lowest BCUT2D eigenvalue weighted by atomic mass is 10.1. The Labute approximate surface area is 170 Å². The highest BCUT2D eigenvalue weighted by Gasteiger charge is 2.22. The minimum absolute atomic E-state index is 0.166. The van der Waals surface area contributed by atoms with E-state index >= 15 is 0 Å². The minimum atomic E-state index is -0.844. The number of carbonyl (C=O) groups excluding carboxylic acids is 2. The van der Waals surface area contributed by atoms with E-state index in [9.17, 15) is 9.59 Å². The molecule has 8 heteroatoms. The molecule has 0 radical (unpaired) electrons. The molecule has 1 saturated carbocycles. The van der Waals surface area contributed by atoms with Crippen molar-refractivity contribution in [3.63, 3.8) is 0 Å². The summed E-state index contributed by atoms with van der Waals surface area (Å²) < 4.78 is 15.8. The van der Waals surface area contributed by atoms with Crippen molar-refractivity contribution in [2.45, 2.75) is 71.1 Å². The second-order valence-electron chi connectivity index (χ2n) is 7.29. The Morgan fingerprint density at radius 2 is 1.86 bits per heavy atom. The van der Waals surface area contributed by atoms with Crippen molar-refractivity contribution in [1.29, 1.82) is 0 Å². The van der Waals surface area contributed by atoms with Gasteiger partial charge < -0.3 is 19.3 Å². The molecule has 1 N–H and O–H groups in total.